The molecule has 0 aliphatic heterocycles. The van der Waals surface area contributed by atoms with Crippen molar-refractivity contribution in [1.82, 2.24) is 4.90 Å². The van der Waals surface area contributed by atoms with Gasteiger partial charge in [-0.15, -0.1) is 0 Å². The number of hydrogen-bond donors (Lipinski definition) is 0. The Kier molecular flexibility index (Phi) is 6.62. The van der Waals surface area contributed by atoms with Gasteiger partial charge in [0.1, 0.15) is 11.6 Å². The smallest absolute Gasteiger partial charge is 0.307 e. The Hall–Kier alpha value is -2.76. The first kappa shape index (κ1) is 18.6. The van der Waals surface area contributed by atoms with Crippen LogP contribution in [-0.2, 0) is 27.3 Å². The Morgan fingerprint density at radius 3 is 1.96 bits per heavy atom. The van der Waals surface area contributed by atoms with E-state index in [0.29, 0.717) is 5.56 Å². The van der Waals surface area contributed by atoms with E-state index in [1.54, 1.807) is 24.3 Å². The van der Waals surface area contributed by atoms with Gasteiger partial charge < -0.3 is 9.64 Å². The number of carbonyl (C=O) groups excluding carboxylic acids is 2. The van der Waals surface area contributed by atoms with Gasteiger partial charge in [-0.25, -0.2) is 8.78 Å². The first-order valence-electron chi connectivity index (χ1n) is 7.81. The lowest BCUT2D eigenvalue weighted by molar-refractivity contribution is -0.141. The number of halogens is 2. The molecule has 0 aliphatic carbocycles. The molecule has 2 aromatic rings. The third-order valence-electron chi connectivity index (χ3n) is 3.72. The van der Waals surface area contributed by atoms with Crippen LogP contribution in [0.1, 0.15) is 17.5 Å². The molecule has 0 aliphatic rings. The highest BCUT2D eigenvalue weighted by Gasteiger charge is 2.16. The van der Waals surface area contributed by atoms with Gasteiger partial charge in [-0.3, -0.25) is 9.59 Å². The molecule has 0 bridgehead atoms. The summed E-state index contributed by atoms with van der Waals surface area (Å²) in [6, 6.07) is 11.5. The number of carbonyl (C=O) groups is 2. The molecule has 4 nitrogen and oxygen atoms in total. The Labute approximate surface area is 145 Å². The molecule has 6 heteroatoms. The lowest BCUT2D eigenvalue weighted by Crippen LogP contribution is -2.34. The summed E-state index contributed by atoms with van der Waals surface area (Å²) in [5.41, 5.74) is 1.42. The van der Waals surface area contributed by atoms with E-state index in [4.69, 9.17) is 0 Å². The van der Waals surface area contributed by atoms with Gasteiger partial charge in [-0.2, -0.15) is 0 Å². The molecular weight excluding hydrogens is 328 g/mol. The number of hydrogen-bond acceptors (Lipinski definition) is 3. The summed E-state index contributed by atoms with van der Waals surface area (Å²) in [6.45, 7) is 0.432. The van der Waals surface area contributed by atoms with Gasteiger partial charge in [0, 0.05) is 13.1 Å². The summed E-state index contributed by atoms with van der Waals surface area (Å²) in [7, 11) is 1.28. The Bertz CT molecular complexity index is 714. The molecule has 0 saturated carbocycles. The zero-order valence-electron chi connectivity index (χ0n) is 13.9. The summed E-state index contributed by atoms with van der Waals surface area (Å²) in [4.78, 5) is 25.5. The summed E-state index contributed by atoms with van der Waals surface area (Å²) in [6.07, 6.45) is 0.148. The van der Waals surface area contributed by atoms with Crippen LogP contribution >= 0.6 is 0 Å². The number of esters is 1. The van der Waals surface area contributed by atoms with Crippen molar-refractivity contribution in [3.05, 3.63) is 71.3 Å². The molecule has 2 rings (SSSR count). The molecule has 2 aromatic carbocycles. The Morgan fingerprint density at radius 2 is 1.44 bits per heavy atom. The van der Waals surface area contributed by atoms with Crippen LogP contribution in [0.2, 0.25) is 0 Å². The molecule has 0 fully saturated rings. The molecule has 132 valence electrons. The maximum Gasteiger partial charge on any atom is 0.307 e. The van der Waals surface area contributed by atoms with Gasteiger partial charge in [0.05, 0.1) is 20.0 Å². The number of ether oxygens (including phenoxy) is 1. The maximum absolute atomic E-state index is 13.0. The fourth-order valence-corrected chi connectivity index (χ4v) is 2.32. The zero-order valence-corrected chi connectivity index (χ0v) is 13.9. The average Bonchev–Trinajstić information content (AvgIpc) is 2.61. The van der Waals surface area contributed by atoms with E-state index in [1.165, 1.54) is 36.3 Å². The maximum atomic E-state index is 13.0. The van der Waals surface area contributed by atoms with Crippen LogP contribution < -0.4 is 0 Å². The minimum Gasteiger partial charge on any atom is -0.469 e. The van der Waals surface area contributed by atoms with Crippen molar-refractivity contribution in [3.63, 3.8) is 0 Å². The second kappa shape index (κ2) is 8.92. The van der Waals surface area contributed by atoms with Crippen LogP contribution in [0.25, 0.3) is 0 Å². The first-order chi connectivity index (χ1) is 12.0. The largest absolute Gasteiger partial charge is 0.469 e. The van der Waals surface area contributed by atoms with Crippen molar-refractivity contribution < 1.29 is 23.1 Å². The van der Waals surface area contributed by atoms with Crippen molar-refractivity contribution in [2.24, 2.45) is 0 Å². The van der Waals surface area contributed by atoms with Gasteiger partial charge in [-0.05, 0) is 35.4 Å². The van der Waals surface area contributed by atoms with Crippen LogP contribution in [0, 0.1) is 11.6 Å². The van der Waals surface area contributed by atoms with E-state index >= 15 is 0 Å². The summed E-state index contributed by atoms with van der Waals surface area (Å²) < 4.78 is 30.6. The summed E-state index contributed by atoms with van der Waals surface area (Å²) >= 11 is 0. The van der Waals surface area contributed by atoms with Crippen molar-refractivity contribution in [2.45, 2.75) is 19.4 Å². The van der Waals surface area contributed by atoms with E-state index in [-0.39, 0.29) is 43.5 Å². The van der Waals surface area contributed by atoms with Crippen molar-refractivity contribution >= 4 is 11.9 Å². The van der Waals surface area contributed by atoms with E-state index in [1.807, 2.05) is 0 Å². The third kappa shape index (κ3) is 5.99. The van der Waals surface area contributed by atoms with E-state index < -0.39 is 5.97 Å². The number of methoxy groups -OCH3 is 1. The van der Waals surface area contributed by atoms with Crippen LogP contribution in [0.15, 0.2) is 48.5 Å². The van der Waals surface area contributed by atoms with Gasteiger partial charge in [0.15, 0.2) is 0 Å². The molecule has 0 aromatic heterocycles. The first-order valence-corrected chi connectivity index (χ1v) is 7.81. The van der Waals surface area contributed by atoms with E-state index in [0.717, 1.165) is 5.56 Å². The lowest BCUT2D eigenvalue weighted by Gasteiger charge is -2.22. The van der Waals surface area contributed by atoms with Gasteiger partial charge in [0.25, 0.3) is 0 Å². The lowest BCUT2D eigenvalue weighted by atomic mass is 10.1. The summed E-state index contributed by atoms with van der Waals surface area (Å²) in [5, 5.41) is 0. The standard InChI is InChI=1S/C19H19F2NO3/c1-25-19(24)10-11-22(13-15-4-8-17(21)9-5-15)18(23)12-14-2-6-16(20)7-3-14/h2-9H,10-13H2,1H3. The molecule has 0 heterocycles. The Morgan fingerprint density at radius 1 is 0.920 bits per heavy atom. The van der Waals surface area contributed by atoms with Crippen molar-refractivity contribution in [1.29, 1.82) is 0 Å². The third-order valence-corrected chi connectivity index (χ3v) is 3.72. The molecule has 0 unspecified atom stereocenters. The minimum absolute atomic E-state index is 0.0624. The molecule has 25 heavy (non-hydrogen) atoms. The van der Waals surface area contributed by atoms with Crippen molar-refractivity contribution in [3.8, 4) is 0 Å². The van der Waals surface area contributed by atoms with Crippen molar-refractivity contribution in [2.75, 3.05) is 13.7 Å². The monoisotopic (exact) mass is 347 g/mol. The predicted octanol–water partition coefficient (Wildman–Crippen LogP) is 3.10. The molecule has 0 radical (unpaired) electrons. The highest BCUT2D eigenvalue weighted by Crippen LogP contribution is 2.11. The SMILES string of the molecule is COC(=O)CCN(Cc1ccc(F)cc1)C(=O)Cc1ccc(F)cc1. The van der Waals surface area contributed by atoms with Gasteiger partial charge in [0.2, 0.25) is 5.91 Å². The second-order valence-electron chi connectivity index (χ2n) is 5.57. The van der Waals surface area contributed by atoms with Gasteiger partial charge in [-0.1, -0.05) is 24.3 Å². The highest BCUT2D eigenvalue weighted by molar-refractivity contribution is 5.79. The Balaban J connectivity index is 2.08. The molecule has 1 amide bonds. The summed E-state index contributed by atoms with van der Waals surface area (Å²) in [5.74, 6) is -1.36. The number of amides is 1. The number of benzene rings is 2. The van der Waals surface area contributed by atoms with Crippen LogP contribution in [0.4, 0.5) is 8.78 Å². The van der Waals surface area contributed by atoms with E-state index in [2.05, 4.69) is 4.74 Å². The quantitative estimate of drug-likeness (QED) is 0.723. The van der Waals surface area contributed by atoms with E-state index in [9.17, 15) is 18.4 Å². The minimum atomic E-state index is -0.418. The van der Waals surface area contributed by atoms with Crippen LogP contribution in [0.3, 0.4) is 0 Å². The molecule has 0 spiro atoms. The van der Waals surface area contributed by atoms with Crippen LogP contribution in [0.5, 0.6) is 0 Å². The molecule has 0 atom stereocenters. The topological polar surface area (TPSA) is 46.6 Å². The highest BCUT2D eigenvalue weighted by atomic mass is 19.1. The second-order valence-corrected chi connectivity index (χ2v) is 5.57. The molecule has 0 N–H and O–H groups in total. The van der Waals surface area contributed by atoms with Crippen LogP contribution in [-0.4, -0.2) is 30.4 Å². The fraction of sp³-hybridized carbons (Fsp3) is 0.263. The molecular formula is C19H19F2NO3. The normalized spacial score (nSPS) is 10.4. The predicted molar refractivity (Wildman–Crippen MR) is 88.6 cm³/mol. The number of nitrogens with zero attached hydrogens (tertiary/aromatic N) is 1. The van der Waals surface area contributed by atoms with Gasteiger partial charge >= 0.3 is 5.97 Å². The zero-order chi connectivity index (χ0) is 18.2. The molecule has 0 saturated heterocycles. The number of rotatable bonds is 7. The fourth-order valence-electron chi connectivity index (χ4n) is 2.32. The average molecular weight is 347 g/mol.